The number of amides is 1. The summed E-state index contributed by atoms with van der Waals surface area (Å²) < 4.78 is 0. The van der Waals surface area contributed by atoms with Crippen molar-refractivity contribution in [2.45, 2.75) is 19.8 Å². The molecular weight excluding hydrogens is 304 g/mol. The number of aromatic nitrogens is 1. The van der Waals surface area contributed by atoms with Gasteiger partial charge in [0.2, 0.25) is 5.91 Å². The molecule has 1 saturated heterocycles. The van der Waals surface area contributed by atoms with E-state index in [2.05, 4.69) is 4.98 Å². The number of aromatic carboxylic acids is 1. The molecule has 24 heavy (non-hydrogen) atoms. The van der Waals surface area contributed by atoms with Crippen LogP contribution < -0.4 is 0 Å². The lowest BCUT2D eigenvalue weighted by atomic mass is 9.98. The van der Waals surface area contributed by atoms with E-state index in [-0.39, 0.29) is 11.5 Å². The number of carbonyl (C=O) groups excluding carboxylic acids is 1. The number of carbonyl (C=O) groups is 2. The minimum Gasteiger partial charge on any atom is -0.478 e. The number of carboxylic acids is 1. The maximum Gasteiger partial charge on any atom is 0.336 e. The molecule has 3 rings (SSSR count). The second-order valence-corrected chi connectivity index (χ2v) is 6.23. The fourth-order valence-corrected chi connectivity index (χ4v) is 3.22. The predicted octanol–water partition coefficient (Wildman–Crippen LogP) is 2.86. The first-order chi connectivity index (χ1) is 11.5. The van der Waals surface area contributed by atoms with Gasteiger partial charge in [0.25, 0.3) is 0 Å². The van der Waals surface area contributed by atoms with Crippen LogP contribution in [0.1, 0.15) is 29.3 Å². The van der Waals surface area contributed by atoms with Gasteiger partial charge < -0.3 is 10.0 Å². The molecule has 0 bridgehead atoms. The normalized spacial score (nSPS) is 17.0. The lowest BCUT2D eigenvalue weighted by molar-refractivity contribution is -0.127. The van der Waals surface area contributed by atoms with E-state index < -0.39 is 5.97 Å². The molecule has 1 aliphatic heterocycles. The molecule has 1 amide bonds. The standard InChI is InChI=1S/C19H20N2O3/c1-13(22)21-9-8-15(12-21)10-14-6-7-18(20-11-14)16-4-2-3-5-17(16)19(23)24/h2-7,11,15H,8-10,12H2,1H3,(H,23,24)/t15-/m0/s1. The molecule has 0 unspecified atom stereocenters. The smallest absolute Gasteiger partial charge is 0.336 e. The molecule has 2 aromatic rings. The average molecular weight is 324 g/mol. The number of hydrogen-bond donors (Lipinski definition) is 1. The van der Waals surface area contributed by atoms with E-state index in [1.54, 1.807) is 25.1 Å². The first kappa shape index (κ1) is 16.2. The summed E-state index contributed by atoms with van der Waals surface area (Å²) in [5.74, 6) is -0.351. The second-order valence-electron chi connectivity index (χ2n) is 6.23. The van der Waals surface area contributed by atoms with Gasteiger partial charge in [-0.2, -0.15) is 0 Å². The highest BCUT2D eigenvalue weighted by Gasteiger charge is 2.24. The Hall–Kier alpha value is -2.69. The van der Waals surface area contributed by atoms with Crippen molar-refractivity contribution < 1.29 is 14.7 Å². The monoisotopic (exact) mass is 324 g/mol. The summed E-state index contributed by atoms with van der Waals surface area (Å²) in [5, 5.41) is 9.28. The van der Waals surface area contributed by atoms with Gasteiger partial charge in [-0.25, -0.2) is 4.79 Å². The molecule has 1 atom stereocenters. The molecule has 124 valence electrons. The quantitative estimate of drug-likeness (QED) is 0.939. The third-order valence-electron chi connectivity index (χ3n) is 4.51. The van der Waals surface area contributed by atoms with Crippen molar-refractivity contribution in [3.63, 3.8) is 0 Å². The van der Waals surface area contributed by atoms with E-state index in [0.717, 1.165) is 31.5 Å². The Morgan fingerprint density at radius 3 is 2.67 bits per heavy atom. The molecule has 0 spiro atoms. The van der Waals surface area contributed by atoms with Crippen molar-refractivity contribution in [2.75, 3.05) is 13.1 Å². The number of pyridine rings is 1. The SMILES string of the molecule is CC(=O)N1CC[C@@H](Cc2ccc(-c3ccccc3C(=O)O)nc2)C1. The van der Waals surface area contributed by atoms with Crippen LogP contribution in [0.5, 0.6) is 0 Å². The number of nitrogens with zero attached hydrogens (tertiary/aromatic N) is 2. The molecule has 1 aromatic heterocycles. The fraction of sp³-hybridized carbons (Fsp3) is 0.316. The highest BCUT2D eigenvalue weighted by molar-refractivity contribution is 5.95. The summed E-state index contributed by atoms with van der Waals surface area (Å²) in [6.45, 7) is 3.25. The van der Waals surface area contributed by atoms with Gasteiger partial charge in [0.05, 0.1) is 11.3 Å². The summed E-state index contributed by atoms with van der Waals surface area (Å²) in [4.78, 5) is 29.0. The molecule has 2 heterocycles. The van der Waals surface area contributed by atoms with Crippen LogP contribution in [-0.4, -0.2) is 40.0 Å². The number of carboxylic acid groups (broad SMARTS) is 1. The summed E-state index contributed by atoms with van der Waals surface area (Å²) in [5.41, 5.74) is 2.65. The van der Waals surface area contributed by atoms with E-state index in [0.29, 0.717) is 17.2 Å². The highest BCUT2D eigenvalue weighted by atomic mass is 16.4. The molecule has 5 heteroatoms. The summed E-state index contributed by atoms with van der Waals surface area (Å²) >= 11 is 0. The molecule has 1 aromatic carbocycles. The van der Waals surface area contributed by atoms with Crippen LogP contribution in [0.15, 0.2) is 42.6 Å². The molecule has 1 fully saturated rings. The molecular formula is C19H20N2O3. The van der Waals surface area contributed by atoms with Gasteiger partial charge in [0, 0.05) is 31.8 Å². The summed E-state index contributed by atoms with van der Waals surface area (Å²) in [6, 6.07) is 10.7. The Bertz CT molecular complexity index is 755. The highest BCUT2D eigenvalue weighted by Crippen LogP contribution is 2.24. The zero-order chi connectivity index (χ0) is 17.1. The van der Waals surface area contributed by atoms with Gasteiger partial charge >= 0.3 is 5.97 Å². The zero-order valence-electron chi connectivity index (χ0n) is 13.6. The van der Waals surface area contributed by atoms with Gasteiger partial charge in [-0.15, -0.1) is 0 Å². The van der Waals surface area contributed by atoms with E-state index >= 15 is 0 Å². The number of likely N-dealkylation sites (tertiary alicyclic amines) is 1. The molecule has 0 radical (unpaired) electrons. The van der Waals surface area contributed by atoms with Gasteiger partial charge in [-0.05, 0) is 36.5 Å². The fourth-order valence-electron chi connectivity index (χ4n) is 3.22. The Morgan fingerprint density at radius 2 is 2.04 bits per heavy atom. The van der Waals surface area contributed by atoms with Gasteiger partial charge in [-0.1, -0.05) is 24.3 Å². The number of benzene rings is 1. The van der Waals surface area contributed by atoms with Crippen molar-refractivity contribution >= 4 is 11.9 Å². The Balaban J connectivity index is 1.73. The van der Waals surface area contributed by atoms with Crippen LogP contribution >= 0.6 is 0 Å². The summed E-state index contributed by atoms with van der Waals surface area (Å²) in [7, 11) is 0. The van der Waals surface area contributed by atoms with E-state index in [1.807, 2.05) is 29.3 Å². The maximum absolute atomic E-state index is 11.4. The Morgan fingerprint density at radius 1 is 1.25 bits per heavy atom. The predicted molar refractivity (Wildman–Crippen MR) is 90.7 cm³/mol. The van der Waals surface area contributed by atoms with Gasteiger partial charge in [0.15, 0.2) is 0 Å². The lowest BCUT2D eigenvalue weighted by Gasteiger charge is -2.14. The Kier molecular flexibility index (Phi) is 4.60. The maximum atomic E-state index is 11.4. The van der Waals surface area contributed by atoms with Crippen LogP contribution in [0, 0.1) is 5.92 Å². The van der Waals surface area contributed by atoms with Crippen molar-refractivity contribution in [1.82, 2.24) is 9.88 Å². The lowest BCUT2D eigenvalue weighted by Crippen LogP contribution is -2.26. The van der Waals surface area contributed by atoms with Crippen LogP contribution in [0.25, 0.3) is 11.3 Å². The minimum absolute atomic E-state index is 0.135. The zero-order valence-corrected chi connectivity index (χ0v) is 13.6. The largest absolute Gasteiger partial charge is 0.478 e. The number of hydrogen-bond acceptors (Lipinski definition) is 3. The second kappa shape index (κ2) is 6.83. The first-order valence-electron chi connectivity index (χ1n) is 8.07. The molecule has 1 N–H and O–H groups in total. The van der Waals surface area contributed by atoms with Crippen LogP contribution in [-0.2, 0) is 11.2 Å². The molecule has 5 nitrogen and oxygen atoms in total. The molecule has 1 aliphatic rings. The third kappa shape index (κ3) is 3.45. The van der Waals surface area contributed by atoms with Crippen LogP contribution in [0.3, 0.4) is 0 Å². The Labute approximate surface area is 140 Å². The minimum atomic E-state index is -0.952. The van der Waals surface area contributed by atoms with Crippen LogP contribution in [0.2, 0.25) is 0 Å². The first-order valence-corrected chi connectivity index (χ1v) is 8.07. The van der Waals surface area contributed by atoms with Gasteiger partial charge in [-0.3, -0.25) is 9.78 Å². The van der Waals surface area contributed by atoms with Crippen molar-refractivity contribution in [3.8, 4) is 11.3 Å². The van der Waals surface area contributed by atoms with Crippen LogP contribution in [0.4, 0.5) is 0 Å². The molecule has 0 aliphatic carbocycles. The van der Waals surface area contributed by atoms with E-state index in [1.165, 1.54) is 0 Å². The van der Waals surface area contributed by atoms with Crippen molar-refractivity contribution in [3.05, 3.63) is 53.7 Å². The summed E-state index contributed by atoms with van der Waals surface area (Å²) in [6.07, 6.45) is 3.71. The van der Waals surface area contributed by atoms with Crippen molar-refractivity contribution in [1.29, 1.82) is 0 Å². The number of rotatable bonds is 4. The van der Waals surface area contributed by atoms with E-state index in [4.69, 9.17) is 0 Å². The molecule has 0 saturated carbocycles. The van der Waals surface area contributed by atoms with E-state index in [9.17, 15) is 14.7 Å². The van der Waals surface area contributed by atoms with Gasteiger partial charge in [0.1, 0.15) is 0 Å². The van der Waals surface area contributed by atoms with Crippen molar-refractivity contribution in [2.24, 2.45) is 5.92 Å². The third-order valence-corrected chi connectivity index (χ3v) is 4.51. The topological polar surface area (TPSA) is 70.5 Å². The average Bonchev–Trinajstić information content (AvgIpc) is 3.04.